The molecule has 1 aliphatic rings. The van der Waals surface area contributed by atoms with Crippen molar-refractivity contribution < 1.29 is 9.90 Å². The van der Waals surface area contributed by atoms with E-state index in [0.717, 1.165) is 10.0 Å². The van der Waals surface area contributed by atoms with Crippen molar-refractivity contribution in [2.24, 2.45) is 0 Å². The Kier molecular flexibility index (Phi) is 4.13. The Hall–Kier alpha value is -0.580. The molecule has 0 spiro atoms. The van der Waals surface area contributed by atoms with Gasteiger partial charge in [0.05, 0.1) is 0 Å². The molecule has 1 heterocycles. The number of hydrogen-bond donors (Lipinski definition) is 2. The molecule has 1 unspecified atom stereocenters. The highest BCUT2D eigenvalue weighted by Gasteiger charge is 2.23. The molecule has 0 fully saturated rings. The van der Waals surface area contributed by atoms with Crippen LogP contribution in [-0.2, 0) is 17.8 Å². The van der Waals surface area contributed by atoms with Crippen molar-refractivity contribution >= 4 is 34.3 Å². The Morgan fingerprint density at radius 1 is 1.47 bits per heavy atom. The highest BCUT2D eigenvalue weighted by atomic mass is 79.9. The molecule has 5 heteroatoms. The van der Waals surface area contributed by atoms with Gasteiger partial charge in [-0.1, -0.05) is 22.0 Å². The summed E-state index contributed by atoms with van der Waals surface area (Å²) in [5.41, 5.74) is 2.30. The third-order valence-electron chi connectivity index (χ3n) is 2.43. The number of aliphatic carboxylic acids is 1. The quantitative estimate of drug-likeness (QED) is 0.832. The van der Waals surface area contributed by atoms with E-state index >= 15 is 0 Å². The first kappa shape index (κ1) is 12.5. The summed E-state index contributed by atoms with van der Waals surface area (Å²) < 4.78 is 1.03. The van der Waals surface area contributed by atoms with Crippen LogP contribution < -0.4 is 5.32 Å². The van der Waals surface area contributed by atoms with Gasteiger partial charge in [0.25, 0.3) is 0 Å². The molecule has 0 radical (unpaired) electrons. The molecular formula is C10H11BrClNO2. The summed E-state index contributed by atoms with van der Waals surface area (Å²) in [6.07, 6.45) is 0.567. The average Bonchev–Trinajstić information content (AvgIpc) is 2.16. The van der Waals surface area contributed by atoms with E-state index in [9.17, 15) is 4.79 Å². The fourth-order valence-corrected chi connectivity index (χ4v) is 2.07. The van der Waals surface area contributed by atoms with Crippen LogP contribution in [0, 0.1) is 0 Å². The molecule has 1 aromatic rings. The van der Waals surface area contributed by atoms with Crippen LogP contribution in [0.1, 0.15) is 11.1 Å². The monoisotopic (exact) mass is 291 g/mol. The van der Waals surface area contributed by atoms with Gasteiger partial charge in [-0.05, 0) is 29.7 Å². The second kappa shape index (κ2) is 4.96. The predicted molar refractivity (Wildman–Crippen MR) is 63.4 cm³/mol. The van der Waals surface area contributed by atoms with E-state index in [0.29, 0.717) is 13.0 Å². The summed E-state index contributed by atoms with van der Waals surface area (Å²) in [6.45, 7) is 0.631. The Morgan fingerprint density at radius 2 is 2.20 bits per heavy atom. The molecule has 0 aliphatic carbocycles. The zero-order valence-corrected chi connectivity index (χ0v) is 10.3. The summed E-state index contributed by atoms with van der Waals surface area (Å²) in [5.74, 6) is -0.779. The minimum absolute atomic E-state index is 0. The van der Waals surface area contributed by atoms with Crippen LogP contribution in [0.4, 0.5) is 0 Å². The van der Waals surface area contributed by atoms with Crippen LogP contribution in [0.2, 0.25) is 0 Å². The Bertz CT molecular complexity index is 384. The standard InChI is InChI=1S/C10H10BrNO2.ClH/c11-8-2-1-6-4-9(10(13)14)12-5-7(6)3-8;/h1-3,9,12H,4-5H2,(H,13,14);1H. The van der Waals surface area contributed by atoms with Gasteiger partial charge in [0.15, 0.2) is 0 Å². The van der Waals surface area contributed by atoms with Gasteiger partial charge in [-0.2, -0.15) is 0 Å². The SMILES string of the molecule is Cl.O=C(O)C1Cc2ccc(Br)cc2CN1. The third kappa shape index (κ3) is 2.71. The number of rotatable bonds is 1. The number of hydrogen-bond acceptors (Lipinski definition) is 2. The molecule has 0 bridgehead atoms. The molecule has 0 amide bonds. The number of carboxylic acids is 1. The van der Waals surface area contributed by atoms with Crippen LogP contribution in [-0.4, -0.2) is 17.1 Å². The molecule has 2 rings (SSSR count). The summed E-state index contributed by atoms with van der Waals surface area (Å²) in [6, 6.07) is 5.52. The molecule has 0 saturated carbocycles. The number of benzene rings is 1. The summed E-state index contributed by atoms with van der Waals surface area (Å²) in [4.78, 5) is 10.8. The second-order valence-electron chi connectivity index (χ2n) is 3.39. The lowest BCUT2D eigenvalue weighted by Crippen LogP contribution is -2.41. The van der Waals surface area contributed by atoms with Gasteiger partial charge in [0.1, 0.15) is 6.04 Å². The Labute approximate surface area is 102 Å². The molecule has 1 aromatic carbocycles. The topological polar surface area (TPSA) is 49.3 Å². The summed E-state index contributed by atoms with van der Waals surface area (Å²) in [5, 5.41) is 11.8. The highest BCUT2D eigenvalue weighted by molar-refractivity contribution is 9.10. The molecule has 1 aliphatic heterocycles. The Balaban J connectivity index is 0.00000112. The molecule has 1 atom stereocenters. The van der Waals surface area contributed by atoms with Crippen molar-refractivity contribution in [1.82, 2.24) is 5.32 Å². The zero-order valence-electron chi connectivity index (χ0n) is 7.87. The number of carbonyl (C=O) groups is 1. The lowest BCUT2D eigenvalue weighted by Gasteiger charge is -2.23. The van der Waals surface area contributed by atoms with Crippen LogP contribution in [0.3, 0.4) is 0 Å². The fourth-order valence-electron chi connectivity index (χ4n) is 1.66. The molecule has 0 aromatic heterocycles. The van der Waals surface area contributed by atoms with Gasteiger partial charge in [-0.15, -0.1) is 12.4 Å². The lowest BCUT2D eigenvalue weighted by atomic mass is 9.96. The number of halogens is 2. The van der Waals surface area contributed by atoms with Gasteiger partial charge in [0, 0.05) is 11.0 Å². The van der Waals surface area contributed by atoms with Crippen LogP contribution in [0.5, 0.6) is 0 Å². The molecule has 15 heavy (non-hydrogen) atoms. The average molecular weight is 293 g/mol. The van der Waals surface area contributed by atoms with Gasteiger partial charge >= 0.3 is 5.97 Å². The van der Waals surface area contributed by atoms with E-state index in [1.165, 1.54) is 5.56 Å². The van der Waals surface area contributed by atoms with Crippen molar-refractivity contribution in [1.29, 1.82) is 0 Å². The van der Waals surface area contributed by atoms with Crippen LogP contribution in [0.25, 0.3) is 0 Å². The van der Waals surface area contributed by atoms with Crippen molar-refractivity contribution in [3.63, 3.8) is 0 Å². The first-order valence-corrected chi connectivity index (χ1v) is 5.19. The third-order valence-corrected chi connectivity index (χ3v) is 2.92. The van der Waals surface area contributed by atoms with Crippen LogP contribution in [0.15, 0.2) is 22.7 Å². The van der Waals surface area contributed by atoms with E-state index in [4.69, 9.17) is 5.11 Å². The van der Waals surface area contributed by atoms with E-state index in [1.54, 1.807) is 0 Å². The predicted octanol–water partition coefficient (Wildman–Crippen LogP) is 1.97. The van der Waals surface area contributed by atoms with E-state index in [1.807, 2.05) is 18.2 Å². The maximum Gasteiger partial charge on any atom is 0.321 e. The van der Waals surface area contributed by atoms with E-state index in [2.05, 4.69) is 21.2 Å². The first-order chi connectivity index (χ1) is 6.66. The maximum atomic E-state index is 10.8. The van der Waals surface area contributed by atoms with Gasteiger partial charge in [-0.25, -0.2) is 0 Å². The molecular weight excluding hydrogens is 281 g/mol. The second-order valence-corrected chi connectivity index (χ2v) is 4.30. The van der Waals surface area contributed by atoms with Crippen molar-refractivity contribution in [2.75, 3.05) is 0 Å². The van der Waals surface area contributed by atoms with Gasteiger partial charge < -0.3 is 10.4 Å². The normalized spacial score (nSPS) is 18.9. The molecule has 82 valence electrons. The minimum atomic E-state index is -0.779. The molecule has 2 N–H and O–H groups in total. The van der Waals surface area contributed by atoms with E-state index < -0.39 is 12.0 Å². The lowest BCUT2D eigenvalue weighted by molar-refractivity contribution is -0.139. The fraction of sp³-hybridized carbons (Fsp3) is 0.300. The minimum Gasteiger partial charge on any atom is -0.480 e. The number of carboxylic acid groups (broad SMARTS) is 1. The highest BCUT2D eigenvalue weighted by Crippen LogP contribution is 2.21. The van der Waals surface area contributed by atoms with E-state index in [-0.39, 0.29) is 12.4 Å². The summed E-state index contributed by atoms with van der Waals surface area (Å²) >= 11 is 3.39. The first-order valence-electron chi connectivity index (χ1n) is 4.40. The van der Waals surface area contributed by atoms with Gasteiger partial charge in [-0.3, -0.25) is 4.79 Å². The van der Waals surface area contributed by atoms with Gasteiger partial charge in [0.2, 0.25) is 0 Å². The number of fused-ring (bicyclic) bond motifs is 1. The number of nitrogens with one attached hydrogen (secondary N) is 1. The molecule has 3 nitrogen and oxygen atoms in total. The summed E-state index contributed by atoms with van der Waals surface area (Å²) in [7, 11) is 0. The maximum absolute atomic E-state index is 10.8. The van der Waals surface area contributed by atoms with Crippen molar-refractivity contribution in [2.45, 2.75) is 19.0 Å². The van der Waals surface area contributed by atoms with Crippen molar-refractivity contribution in [3.05, 3.63) is 33.8 Å². The van der Waals surface area contributed by atoms with Crippen LogP contribution >= 0.6 is 28.3 Å². The smallest absolute Gasteiger partial charge is 0.321 e. The van der Waals surface area contributed by atoms with Crippen molar-refractivity contribution in [3.8, 4) is 0 Å². The molecule has 0 saturated heterocycles. The Morgan fingerprint density at radius 3 is 2.87 bits per heavy atom. The zero-order chi connectivity index (χ0) is 10.1. The largest absolute Gasteiger partial charge is 0.480 e.